The lowest BCUT2D eigenvalue weighted by Gasteiger charge is -2.35. The van der Waals surface area contributed by atoms with Crippen LogP contribution in [-0.4, -0.2) is 68.7 Å². The third kappa shape index (κ3) is 4.01. The number of likely N-dealkylation sites (tertiary alicyclic amines) is 1. The molecule has 2 aliphatic rings. The Hall–Kier alpha value is -2.25. The standard InChI is InChI=1S/C23H32N4O3/c1-16(2)25-11-8-21-24-20-15-17(6-7-19(20)23(30)27(21)13-12-25)22(29)26-10-4-3-5-18(26)9-14-28/h6-7,15-16,18,28H,3-5,8-14H2,1-2H3/t18-/m0/s1. The van der Waals surface area contributed by atoms with Crippen LogP contribution < -0.4 is 5.56 Å². The molecule has 4 rings (SSSR count). The SMILES string of the molecule is CC(C)N1CCc2nc3cc(C(=O)N4CCCC[C@H]4CCO)ccc3c(=O)n2CC1. The summed E-state index contributed by atoms with van der Waals surface area (Å²) in [5.74, 6) is 0.772. The van der Waals surface area contributed by atoms with Gasteiger partial charge >= 0.3 is 0 Å². The molecule has 1 fully saturated rings. The van der Waals surface area contributed by atoms with Crippen molar-refractivity contribution in [3.8, 4) is 0 Å². The van der Waals surface area contributed by atoms with Gasteiger partial charge in [-0.05, 0) is 57.7 Å². The van der Waals surface area contributed by atoms with Gasteiger partial charge in [0.25, 0.3) is 11.5 Å². The minimum absolute atomic E-state index is 0.0178. The van der Waals surface area contributed by atoms with Crippen molar-refractivity contribution in [3.05, 3.63) is 39.9 Å². The van der Waals surface area contributed by atoms with Crippen LogP contribution in [0.15, 0.2) is 23.0 Å². The van der Waals surface area contributed by atoms with Crippen molar-refractivity contribution in [3.63, 3.8) is 0 Å². The predicted octanol–water partition coefficient (Wildman–Crippen LogP) is 2.04. The molecule has 2 aliphatic heterocycles. The molecule has 1 saturated heterocycles. The summed E-state index contributed by atoms with van der Waals surface area (Å²) in [7, 11) is 0. The monoisotopic (exact) mass is 412 g/mol. The second-order valence-electron chi connectivity index (χ2n) is 8.76. The number of aromatic nitrogens is 2. The number of hydrogen-bond acceptors (Lipinski definition) is 5. The highest BCUT2D eigenvalue weighted by Crippen LogP contribution is 2.23. The van der Waals surface area contributed by atoms with Gasteiger partial charge in [-0.15, -0.1) is 0 Å². The highest BCUT2D eigenvalue weighted by Gasteiger charge is 2.27. The van der Waals surface area contributed by atoms with E-state index in [2.05, 4.69) is 18.7 Å². The second kappa shape index (κ2) is 8.86. The fourth-order valence-electron chi connectivity index (χ4n) is 4.80. The maximum atomic E-state index is 13.2. The second-order valence-corrected chi connectivity index (χ2v) is 8.76. The molecule has 0 aliphatic carbocycles. The summed E-state index contributed by atoms with van der Waals surface area (Å²) in [6.07, 6.45) is 4.34. The van der Waals surface area contributed by atoms with Crippen molar-refractivity contribution in [2.24, 2.45) is 0 Å². The number of fused-ring (bicyclic) bond motifs is 2. The number of nitrogens with zero attached hydrogens (tertiary/aromatic N) is 4. The highest BCUT2D eigenvalue weighted by molar-refractivity contribution is 5.98. The third-order valence-electron chi connectivity index (χ3n) is 6.60. The average Bonchev–Trinajstić information content (AvgIpc) is 2.97. The Morgan fingerprint density at radius 2 is 2.03 bits per heavy atom. The van der Waals surface area contributed by atoms with Gasteiger partial charge in [0.1, 0.15) is 5.82 Å². The number of piperidine rings is 1. The van der Waals surface area contributed by atoms with Gasteiger partial charge in [0.2, 0.25) is 0 Å². The van der Waals surface area contributed by atoms with E-state index in [1.807, 2.05) is 4.90 Å². The number of benzene rings is 1. The number of hydrogen-bond donors (Lipinski definition) is 1. The zero-order chi connectivity index (χ0) is 21.3. The predicted molar refractivity (Wildman–Crippen MR) is 117 cm³/mol. The summed E-state index contributed by atoms with van der Waals surface area (Å²) in [5.41, 5.74) is 1.16. The van der Waals surface area contributed by atoms with E-state index in [-0.39, 0.29) is 24.1 Å². The van der Waals surface area contributed by atoms with Gasteiger partial charge in [0.15, 0.2) is 0 Å². The summed E-state index contributed by atoms with van der Waals surface area (Å²) in [6.45, 7) is 7.51. The van der Waals surface area contributed by atoms with Crippen molar-refractivity contribution < 1.29 is 9.90 Å². The van der Waals surface area contributed by atoms with Crippen LogP contribution in [0.1, 0.15) is 55.7 Å². The lowest BCUT2D eigenvalue weighted by Crippen LogP contribution is -2.44. The van der Waals surface area contributed by atoms with E-state index in [4.69, 9.17) is 4.98 Å². The largest absolute Gasteiger partial charge is 0.396 e. The van der Waals surface area contributed by atoms with Gasteiger partial charge in [0.05, 0.1) is 10.9 Å². The zero-order valence-corrected chi connectivity index (χ0v) is 18.0. The fourth-order valence-corrected chi connectivity index (χ4v) is 4.80. The normalized spacial score (nSPS) is 20.4. The fraction of sp³-hybridized carbons (Fsp3) is 0.609. The molecule has 1 aromatic carbocycles. The van der Waals surface area contributed by atoms with Crippen LogP contribution in [0.25, 0.3) is 10.9 Å². The van der Waals surface area contributed by atoms with E-state index in [0.29, 0.717) is 42.0 Å². The Balaban J connectivity index is 1.66. The molecule has 3 heterocycles. The molecule has 2 aromatic rings. The molecule has 0 unspecified atom stereocenters. The minimum Gasteiger partial charge on any atom is -0.396 e. The van der Waals surface area contributed by atoms with Gasteiger partial charge in [-0.2, -0.15) is 0 Å². The third-order valence-corrected chi connectivity index (χ3v) is 6.60. The Labute approximate surface area is 177 Å². The van der Waals surface area contributed by atoms with Crippen LogP contribution in [0.5, 0.6) is 0 Å². The van der Waals surface area contributed by atoms with E-state index >= 15 is 0 Å². The smallest absolute Gasteiger partial charge is 0.261 e. The van der Waals surface area contributed by atoms with Crippen molar-refractivity contribution in [1.82, 2.24) is 19.4 Å². The maximum absolute atomic E-state index is 13.2. The summed E-state index contributed by atoms with van der Waals surface area (Å²) in [6, 6.07) is 5.80. The quantitative estimate of drug-likeness (QED) is 0.831. The topological polar surface area (TPSA) is 78.7 Å². The summed E-state index contributed by atoms with van der Waals surface area (Å²) in [4.78, 5) is 35.4. The van der Waals surface area contributed by atoms with Crippen LogP contribution in [-0.2, 0) is 13.0 Å². The minimum atomic E-state index is -0.0297. The van der Waals surface area contributed by atoms with E-state index in [0.717, 1.165) is 44.6 Å². The molecular formula is C23H32N4O3. The number of carbonyl (C=O) groups excluding carboxylic acids is 1. The van der Waals surface area contributed by atoms with Crippen molar-refractivity contribution in [2.45, 2.75) is 64.6 Å². The first-order valence-corrected chi connectivity index (χ1v) is 11.2. The molecule has 7 nitrogen and oxygen atoms in total. The lowest BCUT2D eigenvalue weighted by molar-refractivity contribution is 0.0575. The van der Waals surface area contributed by atoms with Crippen molar-refractivity contribution in [2.75, 3.05) is 26.2 Å². The lowest BCUT2D eigenvalue weighted by atomic mass is 9.98. The number of aliphatic hydroxyl groups is 1. The van der Waals surface area contributed by atoms with E-state index < -0.39 is 0 Å². The van der Waals surface area contributed by atoms with E-state index in [1.54, 1.807) is 22.8 Å². The van der Waals surface area contributed by atoms with Gasteiger partial charge < -0.3 is 10.0 Å². The van der Waals surface area contributed by atoms with Crippen molar-refractivity contribution >= 4 is 16.8 Å². The van der Waals surface area contributed by atoms with Crippen LogP contribution in [0.3, 0.4) is 0 Å². The molecule has 7 heteroatoms. The van der Waals surface area contributed by atoms with Crippen LogP contribution >= 0.6 is 0 Å². The molecular weight excluding hydrogens is 380 g/mol. The Bertz CT molecular complexity index is 982. The molecule has 0 saturated carbocycles. The van der Waals surface area contributed by atoms with Gasteiger partial charge in [0, 0.05) is 56.9 Å². The summed E-state index contributed by atoms with van der Waals surface area (Å²) < 4.78 is 1.80. The van der Waals surface area contributed by atoms with Gasteiger partial charge in [-0.25, -0.2) is 4.98 Å². The molecule has 1 amide bonds. The first kappa shape index (κ1) is 21.0. The van der Waals surface area contributed by atoms with Crippen LogP contribution in [0.2, 0.25) is 0 Å². The molecule has 1 N–H and O–H groups in total. The Kier molecular flexibility index (Phi) is 6.20. The number of amides is 1. The van der Waals surface area contributed by atoms with Gasteiger partial charge in [-0.3, -0.25) is 19.1 Å². The Morgan fingerprint density at radius 3 is 2.80 bits per heavy atom. The molecule has 1 aromatic heterocycles. The zero-order valence-electron chi connectivity index (χ0n) is 18.0. The molecule has 0 radical (unpaired) electrons. The first-order chi connectivity index (χ1) is 14.5. The van der Waals surface area contributed by atoms with Crippen LogP contribution in [0.4, 0.5) is 0 Å². The molecule has 0 bridgehead atoms. The summed E-state index contributed by atoms with van der Waals surface area (Å²) >= 11 is 0. The first-order valence-electron chi connectivity index (χ1n) is 11.2. The average molecular weight is 413 g/mol. The Morgan fingerprint density at radius 1 is 1.20 bits per heavy atom. The highest BCUT2D eigenvalue weighted by atomic mass is 16.3. The molecule has 162 valence electrons. The van der Waals surface area contributed by atoms with Gasteiger partial charge in [-0.1, -0.05) is 0 Å². The molecule has 1 atom stereocenters. The van der Waals surface area contributed by atoms with E-state index in [9.17, 15) is 14.7 Å². The number of rotatable bonds is 4. The number of carbonyl (C=O) groups is 1. The van der Waals surface area contributed by atoms with Crippen molar-refractivity contribution in [1.29, 1.82) is 0 Å². The summed E-state index contributed by atoms with van der Waals surface area (Å²) in [5, 5.41) is 9.93. The number of aliphatic hydroxyl groups excluding tert-OH is 1. The maximum Gasteiger partial charge on any atom is 0.261 e. The van der Waals surface area contributed by atoms with E-state index in [1.165, 1.54) is 0 Å². The van der Waals surface area contributed by atoms with Crippen LogP contribution in [0, 0.1) is 0 Å². The molecule has 30 heavy (non-hydrogen) atoms. The molecule has 0 spiro atoms.